The predicted octanol–water partition coefficient (Wildman–Crippen LogP) is 3.14. The van der Waals surface area contributed by atoms with Crippen LogP contribution in [0.2, 0.25) is 0 Å². The predicted molar refractivity (Wildman–Crippen MR) is 78.4 cm³/mol. The normalized spacial score (nSPS) is 27.6. The second kappa shape index (κ2) is 5.86. The maximum atomic E-state index is 12.1. The number of benzene rings is 1. The third-order valence-corrected chi connectivity index (χ3v) is 4.96. The summed E-state index contributed by atoms with van der Waals surface area (Å²) in [5, 5.41) is 3.04. The molecular weight excluding hydrogens is 250 g/mol. The van der Waals surface area contributed by atoms with Crippen molar-refractivity contribution in [2.24, 2.45) is 17.8 Å². The van der Waals surface area contributed by atoms with Crippen molar-refractivity contribution in [1.82, 2.24) is 5.32 Å². The van der Waals surface area contributed by atoms with Gasteiger partial charge in [-0.2, -0.15) is 0 Å². The molecule has 0 aliphatic heterocycles. The summed E-state index contributed by atoms with van der Waals surface area (Å²) in [4.78, 5) is 12.1. The molecule has 2 fully saturated rings. The van der Waals surface area contributed by atoms with Crippen molar-refractivity contribution in [2.75, 3.05) is 7.11 Å². The van der Waals surface area contributed by atoms with Gasteiger partial charge in [0, 0.05) is 13.0 Å². The van der Waals surface area contributed by atoms with Crippen LogP contribution in [0.25, 0.3) is 0 Å². The minimum Gasteiger partial charge on any atom is -0.497 e. The molecule has 0 unspecified atom stereocenters. The van der Waals surface area contributed by atoms with E-state index >= 15 is 0 Å². The number of amides is 1. The van der Waals surface area contributed by atoms with Crippen LogP contribution in [0.4, 0.5) is 0 Å². The Balaban J connectivity index is 1.47. The fourth-order valence-electron chi connectivity index (χ4n) is 3.92. The van der Waals surface area contributed by atoms with Crippen molar-refractivity contribution < 1.29 is 9.53 Å². The molecule has 20 heavy (non-hydrogen) atoms. The van der Waals surface area contributed by atoms with Gasteiger partial charge in [0.2, 0.25) is 5.91 Å². The van der Waals surface area contributed by atoms with Crippen LogP contribution in [0, 0.1) is 17.8 Å². The highest BCUT2D eigenvalue weighted by Crippen LogP contribution is 2.49. The van der Waals surface area contributed by atoms with Gasteiger partial charge in [-0.05, 0) is 54.7 Å². The van der Waals surface area contributed by atoms with Crippen LogP contribution in [-0.2, 0) is 11.3 Å². The molecule has 2 saturated carbocycles. The van der Waals surface area contributed by atoms with E-state index in [4.69, 9.17) is 4.74 Å². The smallest absolute Gasteiger partial charge is 0.220 e. The van der Waals surface area contributed by atoms with Gasteiger partial charge in [-0.15, -0.1) is 0 Å². The number of rotatable bonds is 5. The molecule has 0 radical (unpaired) electrons. The molecule has 1 aromatic carbocycles. The molecule has 3 atom stereocenters. The van der Waals surface area contributed by atoms with E-state index in [1.54, 1.807) is 7.11 Å². The average Bonchev–Trinajstić information content (AvgIpc) is 3.08. The molecule has 3 heteroatoms. The van der Waals surface area contributed by atoms with Gasteiger partial charge in [-0.25, -0.2) is 0 Å². The van der Waals surface area contributed by atoms with Gasteiger partial charge in [-0.3, -0.25) is 4.79 Å². The average molecular weight is 273 g/mol. The highest BCUT2D eigenvalue weighted by Gasteiger charge is 2.39. The molecule has 1 N–H and O–H groups in total. The van der Waals surface area contributed by atoms with E-state index in [9.17, 15) is 4.79 Å². The Hall–Kier alpha value is -1.51. The van der Waals surface area contributed by atoms with Crippen LogP contribution in [0.3, 0.4) is 0 Å². The monoisotopic (exact) mass is 273 g/mol. The van der Waals surface area contributed by atoms with Crippen molar-refractivity contribution in [3.8, 4) is 5.75 Å². The number of nitrogens with one attached hydrogen (secondary N) is 1. The highest BCUT2D eigenvalue weighted by molar-refractivity contribution is 5.76. The molecular formula is C17H23NO2. The molecule has 0 aromatic heterocycles. The molecule has 1 amide bonds. The quantitative estimate of drug-likeness (QED) is 0.895. The summed E-state index contributed by atoms with van der Waals surface area (Å²) < 4.78 is 5.19. The van der Waals surface area contributed by atoms with Crippen LogP contribution in [0.5, 0.6) is 5.75 Å². The summed E-state index contributed by atoms with van der Waals surface area (Å²) in [5.41, 5.74) is 1.09. The van der Waals surface area contributed by atoms with Gasteiger partial charge in [0.1, 0.15) is 5.75 Å². The van der Waals surface area contributed by atoms with Crippen molar-refractivity contribution >= 4 is 5.91 Å². The lowest BCUT2D eigenvalue weighted by molar-refractivity contribution is -0.122. The van der Waals surface area contributed by atoms with Crippen molar-refractivity contribution in [1.29, 1.82) is 0 Å². The summed E-state index contributed by atoms with van der Waals surface area (Å²) in [6, 6.07) is 7.86. The fraction of sp³-hybridized carbons (Fsp3) is 0.588. The number of carbonyl (C=O) groups excluding carboxylic acids is 1. The molecule has 2 aliphatic carbocycles. The molecule has 3 nitrogen and oxygen atoms in total. The zero-order valence-electron chi connectivity index (χ0n) is 12.1. The SMILES string of the molecule is COc1cccc(CNC(=O)C[C@H]2C[C@H]3CC[C@@H]2C3)c1. The van der Waals surface area contributed by atoms with Gasteiger partial charge >= 0.3 is 0 Å². The van der Waals surface area contributed by atoms with Crippen LogP contribution in [-0.4, -0.2) is 13.0 Å². The third kappa shape index (κ3) is 2.97. The first-order valence-electron chi connectivity index (χ1n) is 7.64. The van der Waals surface area contributed by atoms with Crippen LogP contribution >= 0.6 is 0 Å². The van der Waals surface area contributed by atoms with E-state index < -0.39 is 0 Å². The lowest BCUT2D eigenvalue weighted by atomic mass is 9.86. The van der Waals surface area contributed by atoms with E-state index in [1.165, 1.54) is 25.7 Å². The third-order valence-electron chi connectivity index (χ3n) is 4.96. The van der Waals surface area contributed by atoms with E-state index in [0.29, 0.717) is 18.9 Å². The van der Waals surface area contributed by atoms with E-state index in [-0.39, 0.29) is 5.91 Å². The number of methoxy groups -OCH3 is 1. The summed E-state index contributed by atoms with van der Waals surface area (Å²) in [6.07, 6.45) is 6.10. The molecule has 0 heterocycles. The first-order chi connectivity index (χ1) is 9.74. The first kappa shape index (κ1) is 13.5. The van der Waals surface area contributed by atoms with E-state index in [0.717, 1.165) is 23.1 Å². The summed E-state index contributed by atoms with van der Waals surface area (Å²) >= 11 is 0. The van der Waals surface area contributed by atoms with E-state index in [2.05, 4.69) is 5.32 Å². The Morgan fingerprint density at radius 2 is 2.25 bits per heavy atom. The van der Waals surface area contributed by atoms with Gasteiger partial charge in [-0.1, -0.05) is 18.6 Å². The zero-order chi connectivity index (χ0) is 13.9. The molecule has 0 spiro atoms. The minimum absolute atomic E-state index is 0.199. The molecule has 108 valence electrons. The van der Waals surface area contributed by atoms with Gasteiger partial charge in [0.05, 0.1) is 7.11 Å². The summed E-state index contributed by atoms with van der Waals surface area (Å²) in [7, 11) is 1.66. The second-order valence-electron chi connectivity index (χ2n) is 6.27. The summed E-state index contributed by atoms with van der Waals surface area (Å²) in [6.45, 7) is 0.594. The lowest BCUT2D eigenvalue weighted by Gasteiger charge is -2.20. The highest BCUT2D eigenvalue weighted by atomic mass is 16.5. The topological polar surface area (TPSA) is 38.3 Å². The number of ether oxygens (including phenoxy) is 1. The van der Waals surface area contributed by atoms with Gasteiger partial charge in [0.25, 0.3) is 0 Å². The molecule has 2 aliphatic rings. The molecule has 1 aromatic rings. The maximum absolute atomic E-state index is 12.1. The van der Waals surface area contributed by atoms with Gasteiger partial charge in [0.15, 0.2) is 0 Å². The van der Waals surface area contributed by atoms with Crippen molar-refractivity contribution in [3.05, 3.63) is 29.8 Å². The van der Waals surface area contributed by atoms with E-state index in [1.807, 2.05) is 24.3 Å². The largest absolute Gasteiger partial charge is 0.497 e. The van der Waals surface area contributed by atoms with Crippen LogP contribution in [0.1, 0.15) is 37.7 Å². The standard InChI is InChI=1S/C17H23NO2/c1-20-16-4-2-3-13(9-16)11-18-17(19)10-15-8-12-5-6-14(15)7-12/h2-4,9,12,14-15H,5-8,10-11H2,1H3,(H,18,19)/t12-,14+,15+/m0/s1. The second-order valence-corrected chi connectivity index (χ2v) is 6.27. The Kier molecular flexibility index (Phi) is 3.95. The lowest BCUT2D eigenvalue weighted by Crippen LogP contribution is -2.26. The molecule has 0 saturated heterocycles. The van der Waals surface area contributed by atoms with Crippen LogP contribution < -0.4 is 10.1 Å². The van der Waals surface area contributed by atoms with Crippen molar-refractivity contribution in [2.45, 2.75) is 38.6 Å². The first-order valence-corrected chi connectivity index (χ1v) is 7.64. The Bertz CT molecular complexity index is 486. The number of fused-ring (bicyclic) bond motifs is 2. The van der Waals surface area contributed by atoms with Crippen LogP contribution in [0.15, 0.2) is 24.3 Å². The Labute approximate surface area is 120 Å². The minimum atomic E-state index is 0.199. The zero-order valence-corrected chi connectivity index (χ0v) is 12.1. The van der Waals surface area contributed by atoms with Gasteiger partial charge < -0.3 is 10.1 Å². The maximum Gasteiger partial charge on any atom is 0.220 e. The number of carbonyl (C=O) groups is 1. The summed E-state index contributed by atoms with van der Waals surface area (Å²) in [5.74, 6) is 3.41. The fourth-order valence-corrected chi connectivity index (χ4v) is 3.92. The number of hydrogen-bond donors (Lipinski definition) is 1. The molecule has 2 bridgehead atoms. The number of hydrogen-bond acceptors (Lipinski definition) is 2. The molecule has 3 rings (SSSR count). The Morgan fingerprint density at radius 1 is 1.35 bits per heavy atom. The Morgan fingerprint density at radius 3 is 2.95 bits per heavy atom. The van der Waals surface area contributed by atoms with Crippen molar-refractivity contribution in [3.63, 3.8) is 0 Å².